The first-order valence-corrected chi connectivity index (χ1v) is 7.64. The zero-order valence-electron chi connectivity index (χ0n) is 12.5. The summed E-state index contributed by atoms with van der Waals surface area (Å²) < 4.78 is 11.6. The highest BCUT2D eigenvalue weighted by Gasteiger charge is 2.52. The number of hydrogen-bond donors (Lipinski definition) is 2. The van der Waals surface area contributed by atoms with Crippen LogP contribution in [0.1, 0.15) is 46.5 Å². The summed E-state index contributed by atoms with van der Waals surface area (Å²) in [4.78, 5) is 11.9. The molecule has 0 radical (unpaired) electrons. The van der Waals surface area contributed by atoms with Crippen LogP contribution in [0.5, 0.6) is 0 Å². The molecule has 3 fully saturated rings. The van der Waals surface area contributed by atoms with E-state index in [1.807, 2.05) is 6.92 Å². The molecule has 0 bridgehead atoms. The quantitative estimate of drug-likeness (QED) is 0.407. The fourth-order valence-electron chi connectivity index (χ4n) is 4.34. The average molecular weight is 286 g/mol. The van der Waals surface area contributed by atoms with Crippen molar-refractivity contribution in [3.63, 3.8) is 0 Å². The monoisotopic (exact) mass is 286 g/mol. The molecule has 2 saturated heterocycles. The second-order valence-corrected chi connectivity index (χ2v) is 6.58. The number of ether oxygens (including phenoxy) is 2. The van der Waals surface area contributed by atoms with E-state index in [1.165, 1.54) is 12.8 Å². The van der Waals surface area contributed by atoms with Crippen LogP contribution in [-0.4, -0.2) is 28.9 Å². The largest absolute Gasteiger partial charge is 0.435 e. The van der Waals surface area contributed by atoms with E-state index in [0.29, 0.717) is 17.8 Å². The van der Waals surface area contributed by atoms with Crippen LogP contribution in [0.15, 0.2) is 0 Å². The average Bonchev–Trinajstić information content (AvgIpc) is 2.60. The van der Waals surface area contributed by atoms with Gasteiger partial charge in [-0.05, 0) is 43.9 Å². The predicted molar refractivity (Wildman–Crippen MR) is 73.0 cm³/mol. The second kappa shape index (κ2) is 6.41. The first-order valence-electron chi connectivity index (χ1n) is 7.64. The Labute approximate surface area is 120 Å². The zero-order valence-corrected chi connectivity index (χ0v) is 12.5. The van der Waals surface area contributed by atoms with Crippen molar-refractivity contribution in [1.29, 1.82) is 0 Å². The van der Waals surface area contributed by atoms with Crippen LogP contribution >= 0.6 is 0 Å². The molecule has 3 aliphatic rings. The van der Waals surface area contributed by atoms with Gasteiger partial charge in [0.2, 0.25) is 6.29 Å². The predicted octanol–water partition coefficient (Wildman–Crippen LogP) is 3.00. The lowest BCUT2D eigenvalue weighted by atomic mass is 9.61. The Balaban J connectivity index is 0.000000704. The molecule has 2 aliphatic heterocycles. The molecule has 5 nitrogen and oxygen atoms in total. The molecule has 116 valence electrons. The van der Waals surface area contributed by atoms with Gasteiger partial charge in [-0.15, -0.1) is 0 Å². The molecule has 2 heterocycles. The molecule has 0 aromatic rings. The highest BCUT2D eigenvalue weighted by Crippen LogP contribution is 2.50. The maximum Gasteiger partial charge on any atom is 0.311 e. The van der Waals surface area contributed by atoms with Crippen molar-refractivity contribution < 1.29 is 24.8 Å². The lowest BCUT2D eigenvalue weighted by Crippen LogP contribution is -2.51. The van der Waals surface area contributed by atoms with E-state index in [0.717, 1.165) is 18.8 Å². The molecule has 0 spiro atoms. The summed E-state index contributed by atoms with van der Waals surface area (Å²) in [5.74, 6) is 2.33. The summed E-state index contributed by atoms with van der Waals surface area (Å²) in [6, 6.07) is 0. The maximum atomic E-state index is 11.9. The number of carbonyl (C=O) groups is 1. The van der Waals surface area contributed by atoms with E-state index in [2.05, 4.69) is 13.8 Å². The van der Waals surface area contributed by atoms with Crippen LogP contribution in [-0.2, 0) is 14.3 Å². The highest BCUT2D eigenvalue weighted by atomic mass is 17.0. The van der Waals surface area contributed by atoms with Crippen molar-refractivity contribution in [1.82, 2.24) is 0 Å². The van der Waals surface area contributed by atoms with Gasteiger partial charge >= 0.3 is 5.97 Å². The molecule has 0 aromatic carbocycles. The van der Waals surface area contributed by atoms with Crippen LogP contribution in [0.3, 0.4) is 0 Å². The van der Waals surface area contributed by atoms with Gasteiger partial charge in [-0.3, -0.25) is 15.3 Å². The topological polar surface area (TPSA) is 76.0 Å². The molecular formula is C15H26O5. The van der Waals surface area contributed by atoms with Crippen molar-refractivity contribution in [2.45, 2.75) is 58.8 Å². The third-order valence-corrected chi connectivity index (χ3v) is 5.51. The van der Waals surface area contributed by atoms with Gasteiger partial charge in [-0.25, -0.2) is 0 Å². The van der Waals surface area contributed by atoms with E-state index >= 15 is 0 Å². The molecule has 7 atom stereocenters. The van der Waals surface area contributed by atoms with Gasteiger partial charge in [0, 0.05) is 5.92 Å². The van der Waals surface area contributed by atoms with Crippen LogP contribution < -0.4 is 0 Å². The molecule has 0 aromatic heterocycles. The zero-order chi connectivity index (χ0) is 14.9. The summed E-state index contributed by atoms with van der Waals surface area (Å²) in [7, 11) is 0. The molecule has 1 saturated carbocycles. The Morgan fingerprint density at radius 1 is 1.00 bits per heavy atom. The first kappa shape index (κ1) is 15.7. The fourth-order valence-corrected chi connectivity index (χ4v) is 4.34. The number of carbonyl (C=O) groups excluding carboxylic acids is 1. The van der Waals surface area contributed by atoms with Crippen LogP contribution in [0.25, 0.3) is 0 Å². The molecular weight excluding hydrogens is 260 g/mol. The third kappa shape index (κ3) is 2.71. The van der Waals surface area contributed by atoms with E-state index in [1.54, 1.807) is 0 Å². The number of esters is 1. The minimum atomic E-state index is -0.274. The SMILES string of the molecule is CC1CCC2C3C(CC[C@H]2C)[C@@H](C)C(=O)O[C@@H]3O1.OO. The molecule has 0 amide bonds. The Hall–Kier alpha value is -0.650. The van der Waals surface area contributed by atoms with Gasteiger partial charge in [0.05, 0.1) is 12.0 Å². The maximum absolute atomic E-state index is 11.9. The first-order chi connectivity index (χ1) is 9.58. The Morgan fingerprint density at radius 2 is 1.65 bits per heavy atom. The Morgan fingerprint density at radius 3 is 2.35 bits per heavy atom. The van der Waals surface area contributed by atoms with E-state index in [9.17, 15) is 4.79 Å². The summed E-state index contributed by atoms with van der Waals surface area (Å²) in [6.07, 6.45) is 4.68. The summed E-state index contributed by atoms with van der Waals surface area (Å²) in [6.45, 7) is 6.49. The Kier molecular flexibility index (Phi) is 5.04. The number of rotatable bonds is 0. The van der Waals surface area contributed by atoms with Gasteiger partial charge in [0.1, 0.15) is 0 Å². The van der Waals surface area contributed by atoms with Crippen molar-refractivity contribution in [2.24, 2.45) is 29.6 Å². The van der Waals surface area contributed by atoms with E-state index in [-0.39, 0.29) is 24.3 Å². The standard InChI is InChI=1S/C15H24O3.H2O2/c1-8-4-6-12-10(3)14(16)18-15-13(12)11(8)7-5-9(2)17-15;1-2/h8-13,15H,4-7H2,1-3H3;1-2H/t8-,9?,10-,11?,12?,13?,15+;/m1./s1. The van der Waals surface area contributed by atoms with Crippen molar-refractivity contribution in [3.05, 3.63) is 0 Å². The normalized spacial score (nSPS) is 47.2. The molecule has 5 heteroatoms. The van der Waals surface area contributed by atoms with Gasteiger partial charge < -0.3 is 9.47 Å². The summed E-state index contributed by atoms with van der Waals surface area (Å²) >= 11 is 0. The van der Waals surface area contributed by atoms with Gasteiger partial charge in [-0.2, -0.15) is 0 Å². The minimum absolute atomic E-state index is 0.0522. The third-order valence-electron chi connectivity index (χ3n) is 5.51. The minimum Gasteiger partial charge on any atom is -0.435 e. The van der Waals surface area contributed by atoms with Gasteiger partial charge in [0.15, 0.2) is 0 Å². The lowest BCUT2D eigenvalue weighted by molar-refractivity contribution is -0.240. The smallest absolute Gasteiger partial charge is 0.311 e. The second-order valence-electron chi connectivity index (χ2n) is 6.58. The summed E-state index contributed by atoms with van der Waals surface area (Å²) in [5, 5.41) is 12.0. The van der Waals surface area contributed by atoms with E-state index in [4.69, 9.17) is 20.0 Å². The van der Waals surface area contributed by atoms with E-state index < -0.39 is 0 Å². The molecule has 1 aliphatic carbocycles. The summed E-state index contributed by atoms with van der Waals surface area (Å²) in [5.41, 5.74) is 0. The van der Waals surface area contributed by atoms with Crippen molar-refractivity contribution in [3.8, 4) is 0 Å². The van der Waals surface area contributed by atoms with Gasteiger partial charge in [0.25, 0.3) is 0 Å². The highest BCUT2D eigenvalue weighted by molar-refractivity contribution is 5.73. The molecule has 4 unspecified atom stereocenters. The van der Waals surface area contributed by atoms with Crippen LogP contribution in [0.2, 0.25) is 0 Å². The Bertz CT molecular complexity index is 345. The number of hydrogen-bond acceptors (Lipinski definition) is 5. The van der Waals surface area contributed by atoms with Crippen molar-refractivity contribution in [2.75, 3.05) is 0 Å². The molecule has 20 heavy (non-hydrogen) atoms. The van der Waals surface area contributed by atoms with Crippen LogP contribution in [0, 0.1) is 29.6 Å². The fraction of sp³-hybridized carbons (Fsp3) is 0.933. The van der Waals surface area contributed by atoms with Gasteiger partial charge in [-0.1, -0.05) is 20.3 Å². The molecule has 2 N–H and O–H groups in total. The molecule has 3 rings (SSSR count). The lowest BCUT2D eigenvalue weighted by Gasteiger charge is -2.48. The van der Waals surface area contributed by atoms with Crippen LogP contribution in [0.4, 0.5) is 0 Å². The van der Waals surface area contributed by atoms with Crippen molar-refractivity contribution >= 4 is 5.97 Å².